The molecule has 25 heavy (non-hydrogen) atoms. The van der Waals surface area contributed by atoms with E-state index in [0.717, 1.165) is 0 Å². The van der Waals surface area contributed by atoms with Gasteiger partial charge in [-0.25, -0.2) is 9.18 Å². The average Bonchev–Trinajstić information content (AvgIpc) is 2.94. The summed E-state index contributed by atoms with van der Waals surface area (Å²) in [5.74, 6) is -0.874. The minimum absolute atomic E-state index is 0.0799. The summed E-state index contributed by atoms with van der Waals surface area (Å²) in [4.78, 5) is 35.8. The number of benzene rings is 1. The average molecular weight is 349 g/mol. The van der Waals surface area contributed by atoms with Crippen LogP contribution in [0.5, 0.6) is 0 Å². The SMILES string of the molecule is CC(=O)NCC1CN(c2ccc(C3CCNC(=O)C3)c(F)c2)C(=O)O1. The Morgan fingerprint density at radius 3 is 2.92 bits per heavy atom. The van der Waals surface area contributed by atoms with Crippen LogP contribution in [0.2, 0.25) is 0 Å². The first-order valence-corrected chi connectivity index (χ1v) is 8.22. The van der Waals surface area contributed by atoms with E-state index in [1.807, 2.05) is 0 Å². The summed E-state index contributed by atoms with van der Waals surface area (Å²) < 4.78 is 19.7. The highest BCUT2D eigenvalue weighted by Crippen LogP contribution is 2.31. The smallest absolute Gasteiger partial charge is 0.414 e. The van der Waals surface area contributed by atoms with Crippen molar-refractivity contribution in [3.05, 3.63) is 29.6 Å². The van der Waals surface area contributed by atoms with Crippen molar-refractivity contribution in [2.45, 2.75) is 31.8 Å². The third-order valence-corrected chi connectivity index (χ3v) is 4.44. The van der Waals surface area contributed by atoms with E-state index < -0.39 is 18.0 Å². The Hall–Kier alpha value is -2.64. The van der Waals surface area contributed by atoms with Crippen molar-refractivity contribution >= 4 is 23.6 Å². The van der Waals surface area contributed by atoms with Gasteiger partial charge in [-0.05, 0) is 30.0 Å². The van der Waals surface area contributed by atoms with Gasteiger partial charge in [0, 0.05) is 19.9 Å². The van der Waals surface area contributed by atoms with E-state index in [2.05, 4.69) is 10.6 Å². The second kappa shape index (κ2) is 7.08. The van der Waals surface area contributed by atoms with Gasteiger partial charge in [0.25, 0.3) is 0 Å². The number of carbonyl (C=O) groups is 3. The summed E-state index contributed by atoms with van der Waals surface area (Å²) in [5.41, 5.74) is 0.887. The van der Waals surface area contributed by atoms with Crippen LogP contribution in [0.3, 0.4) is 0 Å². The maximum absolute atomic E-state index is 14.5. The molecular weight excluding hydrogens is 329 g/mol. The molecule has 2 N–H and O–H groups in total. The summed E-state index contributed by atoms with van der Waals surface area (Å²) in [6.07, 6.45) is -0.0892. The number of hydrogen-bond donors (Lipinski definition) is 2. The zero-order valence-corrected chi connectivity index (χ0v) is 13.9. The summed E-state index contributed by atoms with van der Waals surface area (Å²) in [6, 6.07) is 4.58. The number of nitrogens with one attached hydrogen (secondary N) is 2. The van der Waals surface area contributed by atoms with Gasteiger partial charge in [0.15, 0.2) is 0 Å². The maximum Gasteiger partial charge on any atom is 0.414 e. The summed E-state index contributed by atoms with van der Waals surface area (Å²) in [5, 5.41) is 5.32. The van der Waals surface area contributed by atoms with Crippen LogP contribution in [0.15, 0.2) is 18.2 Å². The first-order valence-electron chi connectivity index (χ1n) is 8.22. The number of piperidine rings is 1. The number of nitrogens with zero attached hydrogens (tertiary/aromatic N) is 1. The third kappa shape index (κ3) is 3.89. The van der Waals surface area contributed by atoms with Gasteiger partial charge in [0.05, 0.1) is 18.8 Å². The van der Waals surface area contributed by atoms with Crippen molar-refractivity contribution in [2.75, 3.05) is 24.5 Å². The molecule has 3 rings (SSSR count). The van der Waals surface area contributed by atoms with Crippen molar-refractivity contribution in [3.63, 3.8) is 0 Å². The Labute approximate surface area is 144 Å². The van der Waals surface area contributed by atoms with Crippen LogP contribution in [-0.2, 0) is 14.3 Å². The summed E-state index contributed by atoms with van der Waals surface area (Å²) in [7, 11) is 0. The molecule has 2 unspecified atom stereocenters. The van der Waals surface area contributed by atoms with Gasteiger partial charge in [-0.3, -0.25) is 14.5 Å². The normalized spacial score (nSPS) is 23.2. The van der Waals surface area contributed by atoms with E-state index in [9.17, 15) is 18.8 Å². The Kier molecular flexibility index (Phi) is 4.87. The number of anilines is 1. The molecule has 1 aromatic rings. The molecule has 0 aromatic heterocycles. The first kappa shape index (κ1) is 17.2. The number of rotatable bonds is 4. The van der Waals surface area contributed by atoms with Crippen LogP contribution in [0.4, 0.5) is 14.9 Å². The molecule has 2 heterocycles. The predicted octanol–water partition coefficient (Wildman–Crippen LogP) is 1.28. The molecule has 0 aliphatic carbocycles. The van der Waals surface area contributed by atoms with Crippen LogP contribution >= 0.6 is 0 Å². The molecule has 0 spiro atoms. The largest absolute Gasteiger partial charge is 0.442 e. The molecule has 3 amide bonds. The van der Waals surface area contributed by atoms with Crippen LogP contribution in [-0.4, -0.2) is 43.6 Å². The molecule has 2 saturated heterocycles. The first-order chi connectivity index (χ1) is 11.9. The van der Waals surface area contributed by atoms with Crippen molar-refractivity contribution in [3.8, 4) is 0 Å². The lowest BCUT2D eigenvalue weighted by molar-refractivity contribution is -0.122. The van der Waals surface area contributed by atoms with E-state index in [4.69, 9.17) is 4.74 Å². The fraction of sp³-hybridized carbons (Fsp3) is 0.471. The summed E-state index contributed by atoms with van der Waals surface area (Å²) in [6.45, 7) is 2.38. The van der Waals surface area contributed by atoms with E-state index in [1.165, 1.54) is 17.9 Å². The van der Waals surface area contributed by atoms with E-state index in [1.54, 1.807) is 12.1 Å². The third-order valence-electron chi connectivity index (χ3n) is 4.44. The molecule has 2 aliphatic rings. The zero-order valence-electron chi connectivity index (χ0n) is 13.9. The molecule has 0 radical (unpaired) electrons. The molecule has 2 atom stereocenters. The van der Waals surface area contributed by atoms with Crippen molar-refractivity contribution < 1.29 is 23.5 Å². The molecule has 0 saturated carbocycles. The van der Waals surface area contributed by atoms with E-state index >= 15 is 0 Å². The van der Waals surface area contributed by atoms with Gasteiger partial charge < -0.3 is 15.4 Å². The quantitative estimate of drug-likeness (QED) is 0.857. The standard InChI is InChI=1S/C17H20FN3O4/c1-10(22)20-8-13-9-21(17(24)25-13)12-2-3-14(15(18)7-12)11-4-5-19-16(23)6-11/h2-3,7,11,13H,4-6,8-9H2,1H3,(H,19,23)(H,20,22). The number of amides is 3. The predicted molar refractivity (Wildman–Crippen MR) is 87.7 cm³/mol. The molecule has 8 heteroatoms. The number of hydrogen-bond acceptors (Lipinski definition) is 4. The van der Waals surface area contributed by atoms with Crippen LogP contribution in [0.25, 0.3) is 0 Å². The number of halogens is 1. The lowest BCUT2D eigenvalue weighted by Crippen LogP contribution is -2.33. The number of cyclic esters (lactones) is 1. The Bertz CT molecular complexity index is 709. The van der Waals surface area contributed by atoms with Gasteiger partial charge >= 0.3 is 6.09 Å². The van der Waals surface area contributed by atoms with Crippen molar-refractivity contribution in [1.29, 1.82) is 0 Å². The maximum atomic E-state index is 14.5. The highest BCUT2D eigenvalue weighted by atomic mass is 19.1. The molecule has 1 aromatic carbocycles. The molecule has 0 bridgehead atoms. The van der Waals surface area contributed by atoms with Gasteiger partial charge in [0.2, 0.25) is 11.8 Å². The van der Waals surface area contributed by atoms with Crippen LogP contribution in [0.1, 0.15) is 31.2 Å². The molecule has 2 aliphatic heterocycles. The van der Waals surface area contributed by atoms with Crippen molar-refractivity contribution in [2.24, 2.45) is 0 Å². The fourth-order valence-electron chi connectivity index (χ4n) is 3.16. The highest BCUT2D eigenvalue weighted by molar-refractivity contribution is 5.90. The zero-order chi connectivity index (χ0) is 18.0. The Morgan fingerprint density at radius 1 is 1.44 bits per heavy atom. The van der Waals surface area contributed by atoms with E-state index in [-0.39, 0.29) is 37.2 Å². The van der Waals surface area contributed by atoms with E-state index in [0.29, 0.717) is 24.2 Å². The Balaban J connectivity index is 1.71. The van der Waals surface area contributed by atoms with Gasteiger partial charge in [0.1, 0.15) is 11.9 Å². The van der Waals surface area contributed by atoms with Gasteiger partial charge in [-0.2, -0.15) is 0 Å². The second-order valence-corrected chi connectivity index (χ2v) is 6.30. The number of carbonyl (C=O) groups excluding carboxylic acids is 3. The number of ether oxygens (including phenoxy) is 1. The molecular formula is C17H20FN3O4. The van der Waals surface area contributed by atoms with Crippen molar-refractivity contribution in [1.82, 2.24) is 10.6 Å². The second-order valence-electron chi connectivity index (χ2n) is 6.30. The fourth-order valence-corrected chi connectivity index (χ4v) is 3.16. The summed E-state index contributed by atoms with van der Waals surface area (Å²) >= 11 is 0. The highest BCUT2D eigenvalue weighted by Gasteiger charge is 2.33. The Morgan fingerprint density at radius 2 is 2.24 bits per heavy atom. The topological polar surface area (TPSA) is 87.7 Å². The van der Waals surface area contributed by atoms with Gasteiger partial charge in [-0.1, -0.05) is 6.07 Å². The lowest BCUT2D eigenvalue weighted by Gasteiger charge is -2.23. The van der Waals surface area contributed by atoms with Gasteiger partial charge in [-0.15, -0.1) is 0 Å². The monoisotopic (exact) mass is 349 g/mol. The molecule has 7 nitrogen and oxygen atoms in total. The molecule has 134 valence electrons. The minimum atomic E-state index is -0.570. The van der Waals surface area contributed by atoms with Crippen LogP contribution in [0, 0.1) is 5.82 Å². The van der Waals surface area contributed by atoms with Crippen LogP contribution < -0.4 is 15.5 Å². The lowest BCUT2D eigenvalue weighted by atomic mass is 9.89. The minimum Gasteiger partial charge on any atom is -0.442 e. The molecule has 2 fully saturated rings.